The lowest BCUT2D eigenvalue weighted by atomic mass is 9.93. The van der Waals surface area contributed by atoms with Gasteiger partial charge in [-0.15, -0.1) is 0 Å². The van der Waals surface area contributed by atoms with Crippen LogP contribution in [0.15, 0.2) is 0 Å². The van der Waals surface area contributed by atoms with Crippen molar-refractivity contribution in [3.63, 3.8) is 0 Å². The molecule has 0 radical (unpaired) electrons. The van der Waals surface area contributed by atoms with Crippen molar-refractivity contribution in [2.24, 2.45) is 0 Å². The number of hydrogen-bond donors (Lipinski definition) is 1. The molecule has 1 N–H and O–H groups in total. The Hall–Kier alpha value is -1.10. The van der Waals surface area contributed by atoms with Gasteiger partial charge in [0.15, 0.2) is 5.13 Å². The summed E-state index contributed by atoms with van der Waals surface area (Å²) in [4.78, 5) is 19.9. The minimum absolute atomic E-state index is 0.210. The Labute approximate surface area is 111 Å². The van der Waals surface area contributed by atoms with Crippen LogP contribution >= 0.6 is 11.3 Å². The lowest BCUT2D eigenvalue weighted by Crippen LogP contribution is -2.45. The number of nitrogens with one attached hydrogen (secondary N) is 1. The van der Waals surface area contributed by atoms with Gasteiger partial charge < -0.3 is 10.2 Å². The van der Waals surface area contributed by atoms with E-state index in [1.807, 2.05) is 7.05 Å². The molecule has 0 unspecified atom stereocenters. The lowest BCUT2D eigenvalue weighted by molar-refractivity contribution is 0.0619. The van der Waals surface area contributed by atoms with Crippen LogP contribution in [-0.4, -0.2) is 35.4 Å². The zero-order chi connectivity index (χ0) is 12.5. The Bertz CT molecular complexity index is 451. The molecule has 0 bridgehead atoms. The van der Waals surface area contributed by atoms with Crippen LogP contribution in [0.2, 0.25) is 0 Å². The zero-order valence-electron chi connectivity index (χ0n) is 10.7. The molecule has 18 heavy (non-hydrogen) atoms. The van der Waals surface area contributed by atoms with Crippen molar-refractivity contribution in [1.29, 1.82) is 0 Å². The van der Waals surface area contributed by atoms with Crippen LogP contribution in [0.5, 0.6) is 0 Å². The first-order chi connectivity index (χ1) is 8.79. The summed E-state index contributed by atoms with van der Waals surface area (Å²) in [6.45, 7) is 0.851. The predicted molar refractivity (Wildman–Crippen MR) is 73.3 cm³/mol. The van der Waals surface area contributed by atoms with Gasteiger partial charge in [0.25, 0.3) is 5.91 Å². The molecule has 1 aliphatic carbocycles. The number of thiazole rings is 1. The highest BCUT2D eigenvalue weighted by Gasteiger charge is 2.33. The minimum Gasteiger partial charge on any atom is -0.365 e. The molecule has 0 atom stereocenters. The van der Waals surface area contributed by atoms with Gasteiger partial charge in [-0.05, 0) is 12.8 Å². The normalized spacial score (nSPS) is 20.9. The van der Waals surface area contributed by atoms with E-state index in [0.29, 0.717) is 6.04 Å². The minimum atomic E-state index is 0.210. The molecule has 2 heterocycles. The van der Waals surface area contributed by atoms with Gasteiger partial charge in [0, 0.05) is 26.1 Å². The van der Waals surface area contributed by atoms with Gasteiger partial charge in [-0.1, -0.05) is 30.6 Å². The average molecular weight is 265 g/mol. The maximum Gasteiger partial charge on any atom is 0.266 e. The quantitative estimate of drug-likeness (QED) is 0.893. The summed E-state index contributed by atoms with van der Waals surface area (Å²) < 4.78 is 0. The molecular formula is C13H19N3OS. The maximum atomic E-state index is 12.5. The van der Waals surface area contributed by atoms with Crippen molar-refractivity contribution in [3.8, 4) is 0 Å². The monoisotopic (exact) mass is 265 g/mol. The van der Waals surface area contributed by atoms with Crippen LogP contribution in [0.1, 0.15) is 47.5 Å². The van der Waals surface area contributed by atoms with E-state index in [9.17, 15) is 4.79 Å². The molecule has 0 saturated heterocycles. The van der Waals surface area contributed by atoms with Gasteiger partial charge in [0.2, 0.25) is 0 Å². The molecule has 1 amide bonds. The van der Waals surface area contributed by atoms with Crippen LogP contribution in [-0.2, 0) is 6.42 Å². The van der Waals surface area contributed by atoms with Crippen molar-refractivity contribution < 1.29 is 4.79 Å². The van der Waals surface area contributed by atoms with Crippen molar-refractivity contribution in [2.45, 2.75) is 44.6 Å². The molecule has 1 fully saturated rings. The third-order valence-electron chi connectivity index (χ3n) is 3.97. The van der Waals surface area contributed by atoms with Crippen molar-refractivity contribution in [2.75, 3.05) is 18.9 Å². The number of amides is 1. The number of carbonyl (C=O) groups excluding carboxylic acids is 1. The van der Waals surface area contributed by atoms with Gasteiger partial charge in [0.1, 0.15) is 4.88 Å². The van der Waals surface area contributed by atoms with Crippen molar-refractivity contribution >= 4 is 22.4 Å². The fraction of sp³-hybridized carbons (Fsp3) is 0.692. The Balaban J connectivity index is 1.82. The van der Waals surface area contributed by atoms with Crippen LogP contribution in [0.3, 0.4) is 0 Å². The summed E-state index contributed by atoms with van der Waals surface area (Å²) in [7, 11) is 1.85. The Kier molecular flexibility index (Phi) is 3.24. The van der Waals surface area contributed by atoms with E-state index in [1.165, 1.54) is 43.4 Å². The first-order valence-corrected chi connectivity index (χ1v) is 7.59. The second-order valence-corrected chi connectivity index (χ2v) is 6.08. The Morgan fingerprint density at radius 2 is 2.11 bits per heavy atom. The van der Waals surface area contributed by atoms with Crippen molar-refractivity contribution in [3.05, 3.63) is 10.6 Å². The highest BCUT2D eigenvalue weighted by molar-refractivity contribution is 7.17. The van der Waals surface area contributed by atoms with Gasteiger partial charge in [-0.3, -0.25) is 4.79 Å². The summed E-state index contributed by atoms with van der Waals surface area (Å²) in [5.74, 6) is 0.210. The second kappa shape index (κ2) is 4.88. The van der Waals surface area contributed by atoms with Gasteiger partial charge in [-0.25, -0.2) is 4.98 Å². The van der Waals surface area contributed by atoms with E-state index in [1.54, 1.807) is 0 Å². The van der Waals surface area contributed by atoms with E-state index >= 15 is 0 Å². The van der Waals surface area contributed by atoms with Gasteiger partial charge >= 0.3 is 0 Å². The molecule has 1 aromatic heterocycles. The largest absolute Gasteiger partial charge is 0.365 e. The number of rotatable bonds is 2. The van der Waals surface area contributed by atoms with Crippen LogP contribution in [0, 0.1) is 0 Å². The zero-order valence-corrected chi connectivity index (χ0v) is 11.6. The summed E-state index contributed by atoms with van der Waals surface area (Å²) in [6.07, 6.45) is 7.14. The molecule has 1 aromatic rings. The summed E-state index contributed by atoms with van der Waals surface area (Å²) in [5, 5.41) is 3.90. The molecule has 1 saturated carbocycles. The van der Waals surface area contributed by atoms with E-state index in [2.05, 4.69) is 15.2 Å². The SMILES string of the molecule is CNc1nc2c(s1)C(=O)N(C1CCCCC1)CC2. The number of anilines is 1. The number of hydrogen-bond acceptors (Lipinski definition) is 4. The highest BCUT2D eigenvalue weighted by atomic mass is 32.1. The van der Waals surface area contributed by atoms with E-state index in [4.69, 9.17) is 0 Å². The molecule has 5 heteroatoms. The third-order valence-corrected chi connectivity index (χ3v) is 5.07. The van der Waals surface area contributed by atoms with Gasteiger partial charge in [-0.2, -0.15) is 0 Å². The van der Waals surface area contributed by atoms with Gasteiger partial charge in [0.05, 0.1) is 5.69 Å². The smallest absolute Gasteiger partial charge is 0.266 e. The summed E-state index contributed by atoms with van der Waals surface area (Å²) >= 11 is 1.50. The Morgan fingerprint density at radius 3 is 2.83 bits per heavy atom. The van der Waals surface area contributed by atoms with E-state index in [0.717, 1.165) is 28.7 Å². The first kappa shape index (κ1) is 12.0. The van der Waals surface area contributed by atoms with E-state index in [-0.39, 0.29) is 5.91 Å². The first-order valence-electron chi connectivity index (χ1n) is 6.78. The molecular weight excluding hydrogens is 246 g/mol. The number of fused-ring (bicyclic) bond motifs is 1. The lowest BCUT2D eigenvalue weighted by Gasteiger charge is -2.36. The molecule has 1 aliphatic heterocycles. The second-order valence-electron chi connectivity index (χ2n) is 5.09. The van der Waals surface area contributed by atoms with Crippen LogP contribution in [0.25, 0.3) is 0 Å². The molecule has 3 rings (SSSR count). The average Bonchev–Trinajstić information content (AvgIpc) is 2.84. The molecule has 98 valence electrons. The predicted octanol–water partition coefficient (Wildman–Crippen LogP) is 2.52. The molecule has 0 spiro atoms. The van der Waals surface area contributed by atoms with E-state index < -0.39 is 0 Å². The molecule has 2 aliphatic rings. The number of nitrogens with zero attached hydrogens (tertiary/aromatic N) is 2. The number of carbonyl (C=O) groups is 1. The fourth-order valence-corrected chi connectivity index (χ4v) is 3.92. The van der Waals surface area contributed by atoms with Crippen LogP contribution in [0.4, 0.5) is 5.13 Å². The maximum absolute atomic E-state index is 12.5. The molecule has 0 aromatic carbocycles. The molecule has 4 nitrogen and oxygen atoms in total. The highest BCUT2D eigenvalue weighted by Crippen LogP contribution is 2.31. The third kappa shape index (κ3) is 2.00. The topological polar surface area (TPSA) is 45.2 Å². The van der Waals surface area contributed by atoms with Crippen LogP contribution < -0.4 is 5.32 Å². The summed E-state index contributed by atoms with van der Waals surface area (Å²) in [6, 6.07) is 0.472. The standard InChI is InChI=1S/C13H19N3OS/c1-14-13-15-10-7-8-16(12(17)11(10)18-13)9-5-3-2-4-6-9/h9H,2-8H2,1H3,(H,14,15). The summed E-state index contributed by atoms with van der Waals surface area (Å²) in [5.41, 5.74) is 0.987. The number of aromatic nitrogens is 1. The van der Waals surface area contributed by atoms with Crippen molar-refractivity contribution in [1.82, 2.24) is 9.88 Å². The fourth-order valence-electron chi connectivity index (χ4n) is 2.99. The Morgan fingerprint density at radius 1 is 1.33 bits per heavy atom.